The van der Waals surface area contributed by atoms with Crippen molar-refractivity contribution < 1.29 is 0 Å². The summed E-state index contributed by atoms with van der Waals surface area (Å²) < 4.78 is 0. The highest BCUT2D eigenvalue weighted by Crippen LogP contribution is 2.26. The van der Waals surface area contributed by atoms with E-state index in [1.807, 2.05) is 32.1 Å². The molecule has 0 saturated carbocycles. The third-order valence-electron chi connectivity index (χ3n) is 2.21. The summed E-state index contributed by atoms with van der Waals surface area (Å²) in [6, 6.07) is 16.3. The van der Waals surface area contributed by atoms with Crippen molar-refractivity contribution in [1.82, 2.24) is 0 Å². The van der Waals surface area contributed by atoms with Gasteiger partial charge in [0.1, 0.15) is 7.85 Å². The standard InChI is InChI=1S/C12H10BCl/c13-10-6-7-11(12(14)8-10)9-4-2-1-3-5-9/h1-8H,13H2. The van der Waals surface area contributed by atoms with Gasteiger partial charge in [0.05, 0.1) is 0 Å². The van der Waals surface area contributed by atoms with Gasteiger partial charge in [-0.3, -0.25) is 0 Å². The summed E-state index contributed by atoms with van der Waals surface area (Å²) in [6.45, 7) is 0. The predicted octanol–water partition coefficient (Wildman–Crippen LogP) is 2.27. The van der Waals surface area contributed by atoms with Crippen LogP contribution in [0.25, 0.3) is 11.1 Å². The Labute approximate surface area is 89.9 Å². The molecule has 2 heteroatoms. The van der Waals surface area contributed by atoms with Gasteiger partial charge in [0.15, 0.2) is 0 Å². The molecule has 0 heterocycles. The quantitative estimate of drug-likeness (QED) is 0.620. The van der Waals surface area contributed by atoms with E-state index >= 15 is 0 Å². The van der Waals surface area contributed by atoms with Gasteiger partial charge in [0, 0.05) is 10.6 Å². The van der Waals surface area contributed by atoms with E-state index in [-0.39, 0.29) is 0 Å². The fourth-order valence-electron chi connectivity index (χ4n) is 1.47. The van der Waals surface area contributed by atoms with Crippen LogP contribution in [-0.2, 0) is 0 Å². The van der Waals surface area contributed by atoms with E-state index in [9.17, 15) is 0 Å². The van der Waals surface area contributed by atoms with Crippen LogP contribution in [0.2, 0.25) is 5.02 Å². The largest absolute Gasteiger partial charge is 0.139 e. The predicted molar refractivity (Wildman–Crippen MR) is 65.1 cm³/mol. The van der Waals surface area contributed by atoms with Gasteiger partial charge in [0.2, 0.25) is 0 Å². The first-order valence-electron chi connectivity index (χ1n) is 4.59. The maximum Gasteiger partial charge on any atom is 0.139 e. The molecule has 14 heavy (non-hydrogen) atoms. The van der Waals surface area contributed by atoms with Crippen molar-refractivity contribution in [1.29, 1.82) is 0 Å². The molecule has 0 nitrogen and oxygen atoms in total. The first-order chi connectivity index (χ1) is 6.77. The zero-order valence-corrected chi connectivity index (χ0v) is 8.75. The fourth-order valence-corrected chi connectivity index (χ4v) is 1.82. The second-order valence-electron chi connectivity index (χ2n) is 3.35. The zero-order chi connectivity index (χ0) is 9.97. The molecule has 0 aliphatic heterocycles. The number of hydrogen-bond donors (Lipinski definition) is 0. The molecule has 68 valence electrons. The molecule has 0 N–H and O–H groups in total. The second kappa shape index (κ2) is 3.89. The van der Waals surface area contributed by atoms with Crippen LogP contribution in [0.5, 0.6) is 0 Å². The number of halogens is 1. The Morgan fingerprint density at radius 3 is 2.29 bits per heavy atom. The molecule has 0 aromatic heterocycles. The van der Waals surface area contributed by atoms with Gasteiger partial charge in [-0.05, 0) is 11.6 Å². The number of benzene rings is 2. The highest BCUT2D eigenvalue weighted by Gasteiger charge is 2.01. The zero-order valence-electron chi connectivity index (χ0n) is 8.00. The lowest BCUT2D eigenvalue weighted by molar-refractivity contribution is 1.63. The van der Waals surface area contributed by atoms with Crippen molar-refractivity contribution in [3.05, 3.63) is 53.6 Å². The monoisotopic (exact) mass is 200 g/mol. The summed E-state index contributed by atoms with van der Waals surface area (Å²) in [6.07, 6.45) is 0. The molecule has 0 atom stereocenters. The van der Waals surface area contributed by atoms with Gasteiger partial charge in [-0.1, -0.05) is 59.5 Å². The van der Waals surface area contributed by atoms with Gasteiger partial charge < -0.3 is 0 Å². The molecule has 0 radical (unpaired) electrons. The molecule has 2 rings (SSSR count). The molecule has 0 amide bonds. The lowest BCUT2D eigenvalue weighted by Crippen LogP contribution is -2.00. The van der Waals surface area contributed by atoms with E-state index < -0.39 is 0 Å². The lowest BCUT2D eigenvalue weighted by Gasteiger charge is -2.04. The highest BCUT2D eigenvalue weighted by atomic mass is 35.5. The third kappa shape index (κ3) is 1.83. The van der Waals surface area contributed by atoms with Gasteiger partial charge in [-0.2, -0.15) is 0 Å². The maximum atomic E-state index is 6.16. The molecule has 2 aromatic carbocycles. The average Bonchev–Trinajstić information content (AvgIpc) is 2.19. The van der Waals surface area contributed by atoms with Crippen LogP contribution < -0.4 is 5.46 Å². The SMILES string of the molecule is Bc1ccc(-c2ccccc2)c(Cl)c1. The van der Waals surface area contributed by atoms with E-state index in [1.54, 1.807) is 0 Å². The summed E-state index contributed by atoms with van der Waals surface area (Å²) >= 11 is 6.16. The van der Waals surface area contributed by atoms with Crippen molar-refractivity contribution in [3.63, 3.8) is 0 Å². The first kappa shape index (κ1) is 9.35. The third-order valence-corrected chi connectivity index (χ3v) is 2.52. The minimum absolute atomic E-state index is 0.816. The summed E-state index contributed by atoms with van der Waals surface area (Å²) in [4.78, 5) is 0. The molecular weight excluding hydrogens is 190 g/mol. The van der Waals surface area contributed by atoms with Crippen LogP contribution in [0.1, 0.15) is 0 Å². The highest BCUT2D eigenvalue weighted by molar-refractivity contribution is 6.37. The fraction of sp³-hybridized carbons (Fsp3) is 0. The van der Waals surface area contributed by atoms with Crippen molar-refractivity contribution in [2.24, 2.45) is 0 Å². The Morgan fingerprint density at radius 2 is 1.64 bits per heavy atom. The maximum absolute atomic E-state index is 6.16. The molecule has 0 fully saturated rings. The van der Waals surface area contributed by atoms with Crippen molar-refractivity contribution in [3.8, 4) is 11.1 Å². The molecule has 0 aliphatic rings. The molecule has 0 saturated heterocycles. The molecular formula is C12H10BCl. The van der Waals surface area contributed by atoms with Gasteiger partial charge in [0.25, 0.3) is 0 Å². The summed E-state index contributed by atoms with van der Waals surface area (Å²) in [5.74, 6) is 0. The van der Waals surface area contributed by atoms with Crippen molar-refractivity contribution >= 4 is 24.9 Å². The summed E-state index contributed by atoms with van der Waals surface area (Å²) in [5, 5.41) is 0.816. The number of rotatable bonds is 1. The second-order valence-corrected chi connectivity index (χ2v) is 3.76. The van der Waals surface area contributed by atoms with E-state index in [1.165, 1.54) is 5.46 Å². The van der Waals surface area contributed by atoms with Gasteiger partial charge >= 0.3 is 0 Å². The Morgan fingerprint density at radius 1 is 0.929 bits per heavy atom. The van der Waals surface area contributed by atoms with Crippen LogP contribution >= 0.6 is 11.6 Å². The molecule has 0 unspecified atom stereocenters. The van der Waals surface area contributed by atoms with E-state index in [0.29, 0.717) is 0 Å². The van der Waals surface area contributed by atoms with Crippen LogP contribution in [0, 0.1) is 0 Å². The average molecular weight is 200 g/mol. The smallest absolute Gasteiger partial charge is 0.0875 e. The van der Waals surface area contributed by atoms with Crippen LogP contribution in [-0.4, -0.2) is 7.85 Å². The normalized spacial score (nSPS) is 10.1. The lowest BCUT2D eigenvalue weighted by atomic mass is 9.93. The Hall–Kier alpha value is -1.21. The molecule has 0 spiro atoms. The summed E-state index contributed by atoms with van der Waals surface area (Å²) in [7, 11) is 2.04. The summed E-state index contributed by atoms with van der Waals surface area (Å²) in [5.41, 5.74) is 3.45. The van der Waals surface area contributed by atoms with Gasteiger partial charge in [-0.15, -0.1) is 0 Å². The van der Waals surface area contributed by atoms with Crippen molar-refractivity contribution in [2.45, 2.75) is 0 Å². The first-order valence-corrected chi connectivity index (χ1v) is 4.97. The minimum atomic E-state index is 0.816. The van der Waals surface area contributed by atoms with E-state index in [0.717, 1.165) is 16.1 Å². The molecule has 2 aromatic rings. The van der Waals surface area contributed by atoms with E-state index in [2.05, 4.69) is 24.3 Å². The number of hydrogen-bond acceptors (Lipinski definition) is 0. The minimum Gasteiger partial charge on any atom is -0.0875 e. The Kier molecular flexibility index (Phi) is 2.60. The van der Waals surface area contributed by atoms with Crippen LogP contribution in [0.3, 0.4) is 0 Å². The van der Waals surface area contributed by atoms with E-state index in [4.69, 9.17) is 11.6 Å². The Bertz CT molecular complexity index is 437. The Balaban J connectivity index is 2.53. The molecule has 0 aliphatic carbocycles. The van der Waals surface area contributed by atoms with Crippen LogP contribution in [0.15, 0.2) is 48.5 Å². The topological polar surface area (TPSA) is 0 Å². The molecule has 0 bridgehead atoms. The van der Waals surface area contributed by atoms with Crippen LogP contribution in [0.4, 0.5) is 0 Å². The van der Waals surface area contributed by atoms with Gasteiger partial charge in [-0.25, -0.2) is 0 Å². The van der Waals surface area contributed by atoms with Crippen molar-refractivity contribution in [2.75, 3.05) is 0 Å².